The van der Waals surface area contributed by atoms with Gasteiger partial charge in [0.1, 0.15) is 11.6 Å². The van der Waals surface area contributed by atoms with Gasteiger partial charge in [0, 0.05) is 24.5 Å². The van der Waals surface area contributed by atoms with Crippen LogP contribution in [-0.2, 0) is 6.54 Å². The lowest BCUT2D eigenvalue weighted by atomic mass is 10.1. The summed E-state index contributed by atoms with van der Waals surface area (Å²) >= 11 is 0. The standard InChI is InChI=1S/C13H13FN2O/c1-2-6-16-7-5-15-13(16)10-3-4-11(9-17)12(14)8-10/h3-5,7-9H,2,6H2,1H3. The molecule has 0 bridgehead atoms. The molecule has 2 rings (SSSR count). The first kappa shape index (κ1) is 11.5. The number of benzene rings is 1. The lowest BCUT2D eigenvalue weighted by Crippen LogP contribution is -1.99. The number of hydrogen-bond acceptors (Lipinski definition) is 2. The molecule has 88 valence electrons. The Hall–Kier alpha value is -1.97. The van der Waals surface area contributed by atoms with Gasteiger partial charge in [0.05, 0.1) is 5.56 Å². The third kappa shape index (κ3) is 2.25. The van der Waals surface area contributed by atoms with E-state index in [0.717, 1.165) is 18.8 Å². The zero-order valence-corrected chi connectivity index (χ0v) is 9.56. The number of carbonyl (C=O) groups excluding carboxylic acids is 1. The third-order valence-electron chi connectivity index (χ3n) is 2.57. The van der Waals surface area contributed by atoms with E-state index in [1.807, 2.05) is 10.8 Å². The SMILES string of the molecule is CCCn1ccnc1-c1ccc(C=O)c(F)c1. The minimum Gasteiger partial charge on any atom is -0.331 e. The molecule has 0 saturated carbocycles. The van der Waals surface area contributed by atoms with Crippen LogP contribution in [0.1, 0.15) is 23.7 Å². The molecule has 0 aliphatic carbocycles. The number of aromatic nitrogens is 2. The summed E-state index contributed by atoms with van der Waals surface area (Å²) in [4.78, 5) is 14.7. The Morgan fingerprint density at radius 2 is 2.29 bits per heavy atom. The van der Waals surface area contributed by atoms with E-state index in [2.05, 4.69) is 11.9 Å². The van der Waals surface area contributed by atoms with Crippen LogP contribution in [0.5, 0.6) is 0 Å². The fourth-order valence-corrected chi connectivity index (χ4v) is 1.75. The predicted octanol–water partition coefficient (Wildman–Crippen LogP) is 2.91. The maximum Gasteiger partial charge on any atom is 0.152 e. The van der Waals surface area contributed by atoms with Crippen LogP contribution in [-0.4, -0.2) is 15.8 Å². The Labute approximate surface area is 98.9 Å². The highest BCUT2D eigenvalue weighted by Crippen LogP contribution is 2.20. The molecule has 0 aliphatic heterocycles. The fourth-order valence-electron chi connectivity index (χ4n) is 1.75. The maximum atomic E-state index is 13.5. The number of aldehydes is 1. The topological polar surface area (TPSA) is 34.9 Å². The minimum atomic E-state index is -0.511. The van der Waals surface area contributed by atoms with Gasteiger partial charge in [0.25, 0.3) is 0 Å². The molecule has 0 fully saturated rings. The van der Waals surface area contributed by atoms with Crippen molar-refractivity contribution in [1.82, 2.24) is 9.55 Å². The molecule has 17 heavy (non-hydrogen) atoms. The van der Waals surface area contributed by atoms with E-state index in [1.54, 1.807) is 12.3 Å². The van der Waals surface area contributed by atoms with E-state index in [4.69, 9.17) is 0 Å². The molecule has 0 amide bonds. The van der Waals surface area contributed by atoms with E-state index in [1.165, 1.54) is 12.1 Å². The summed E-state index contributed by atoms with van der Waals surface area (Å²) in [5.41, 5.74) is 0.758. The van der Waals surface area contributed by atoms with Crippen LogP contribution in [0, 0.1) is 5.82 Å². The first-order valence-electron chi connectivity index (χ1n) is 5.52. The molecular formula is C13H13FN2O. The normalized spacial score (nSPS) is 10.5. The number of imidazole rings is 1. The summed E-state index contributed by atoms with van der Waals surface area (Å²) in [5, 5.41) is 0. The summed E-state index contributed by atoms with van der Waals surface area (Å²) in [6, 6.07) is 4.53. The summed E-state index contributed by atoms with van der Waals surface area (Å²) in [5.74, 6) is 0.215. The van der Waals surface area contributed by atoms with E-state index >= 15 is 0 Å². The average Bonchev–Trinajstić information content (AvgIpc) is 2.78. The molecule has 0 spiro atoms. The second-order valence-electron chi connectivity index (χ2n) is 3.80. The van der Waals surface area contributed by atoms with Crippen LogP contribution in [0.3, 0.4) is 0 Å². The monoisotopic (exact) mass is 232 g/mol. The predicted molar refractivity (Wildman–Crippen MR) is 63.3 cm³/mol. The number of nitrogens with zero attached hydrogens (tertiary/aromatic N) is 2. The molecular weight excluding hydrogens is 219 g/mol. The highest BCUT2D eigenvalue weighted by molar-refractivity contribution is 5.76. The van der Waals surface area contributed by atoms with Crippen molar-refractivity contribution in [3.8, 4) is 11.4 Å². The van der Waals surface area contributed by atoms with Gasteiger partial charge in [-0.25, -0.2) is 9.37 Å². The van der Waals surface area contributed by atoms with Gasteiger partial charge in [-0.05, 0) is 18.6 Å². The Morgan fingerprint density at radius 1 is 1.47 bits per heavy atom. The van der Waals surface area contributed by atoms with Crippen molar-refractivity contribution in [3.05, 3.63) is 42.0 Å². The van der Waals surface area contributed by atoms with Crippen molar-refractivity contribution in [1.29, 1.82) is 0 Å². The Bertz CT molecular complexity index is 534. The highest BCUT2D eigenvalue weighted by atomic mass is 19.1. The van der Waals surface area contributed by atoms with Gasteiger partial charge in [-0.15, -0.1) is 0 Å². The summed E-state index contributed by atoms with van der Waals surface area (Å²) < 4.78 is 15.5. The number of hydrogen-bond donors (Lipinski definition) is 0. The van der Waals surface area contributed by atoms with Gasteiger partial charge in [0.15, 0.2) is 6.29 Å². The molecule has 1 heterocycles. The molecule has 0 aliphatic rings. The van der Waals surface area contributed by atoms with Crippen molar-refractivity contribution in [2.24, 2.45) is 0 Å². The lowest BCUT2D eigenvalue weighted by molar-refractivity contribution is 0.112. The van der Waals surface area contributed by atoms with Crippen LogP contribution in [0.2, 0.25) is 0 Å². The smallest absolute Gasteiger partial charge is 0.152 e. The molecule has 2 aromatic rings. The highest BCUT2D eigenvalue weighted by Gasteiger charge is 2.08. The first-order valence-corrected chi connectivity index (χ1v) is 5.52. The maximum absolute atomic E-state index is 13.5. The molecule has 0 atom stereocenters. The minimum absolute atomic E-state index is 0.0716. The van der Waals surface area contributed by atoms with Crippen LogP contribution in [0.25, 0.3) is 11.4 Å². The van der Waals surface area contributed by atoms with Crippen molar-refractivity contribution in [3.63, 3.8) is 0 Å². The number of rotatable bonds is 4. The quantitative estimate of drug-likeness (QED) is 0.760. The zero-order valence-electron chi connectivity index (χ0n) is 9.56. The second-order valence-corrected chi connectivity index (χ2v) is 3.80. The van der Waals surface area contributed by atoms with Crippen LogP contribution < -0.4 is 0 Å². The van der Waals surface area contributed by atoms with E-state index in [-0.39, 0.29) is 5.56 Å². The Balaban J connectivity index is 2.42. The van der Waals surface area contributed by atoms with E-state index in [0.29, 0.717) is 11.8 Å². The lowest BCUT2D eigenvalue weighted by Gasteiger charge is -2.06. The summed E-state index contributed by atoms with van der Waals surface area (Å²) in [6.45, 7) is 2.91. The van der Waals surface area contributed by atoms with E-state index < -0.39 is 5.82 Å². The van der Waals surface area contributed by atoms with Crippen molar-refractivity contribution in [2.75, 3.05) is 0 Å². The molecule has 1 aromatic heterocycles. The molecule has 0 saturated heterocycles. The van der Waals surface area contributed by atoms with Crippen molar-refractivity contribution < 1.29 is 9.18 Å². The molecule has 4 heteroatoms. The number of aryl methyl sites for hydroxylation is 1. The zero-order chi connectivity index (χ0) is 12.3. The van der Waals surface area contributed by atoms with Gasteiger partial charge in [-0.2, -0.15) is 0 Å². The Kier molecular flexibility index (Phi) is 3.32. The largest absolute Gasteiger partial charge is 0.331 e. The van der Waals surface area contributed by atoms with E-state index in [9.17, 15) is 9.18 Å². The number of halogens is 1. The number of carbonyl (C=O) groups is 1. The van der Waals surface area contributed by atoms with Gasteiger partial charge >= 0.3 is 0 Å². The molecule has 1 aromatic carbocycles. The van der Waals surface area contributed by atoms with Gasteiger partial charge in [0.2, 0.25) is 0 Å². The first-order chi connectivity index (χ1) is 8.26. The summed E-state index contributed by atoms with van der Waals surface area (Å²) in [7, 11) is 0. The summed E-state index contributed by atoms with van der Waals surface area (Å²) in [6.07, 6.45) is 5.05. The Morgan fingerprint density at radius 3 is 2.94 bits per heavy atom. The van der Waals surface area contributed by atoms with Crippen molar-refractivity contribution >= 4 is 6.29 Å². The van der Waals surface area contributed by atoms with Crippen LogP contribution in [0.4, 0.5) is 4.39 Å². The van der Waals surface area contributed by atoms with Crippen LogP contribution >= 0.6 is 0 Å². The molecule has 0 radical (unpaired) electrons. The molecule has 0 N–H and O–H groups in total. The second kappa shape index (κ2) is 4.91. The van der Waals surface area contributed by atoms with Gasteiger partial charge < -0.3 is 4.57 Å². The molecule has 3 nitrogen and oxygen atoms in total. The van der Waals surface area contributed by atoms with Gasteiger partial charge in [-0.3, -0.25) is 4.79 Å². The average molecular weight is 232 g/mol. The molecule has 0 unspecified atom stereocenters. The van der Waals surface area contributed by atoms with Gasteiger partial charge in [-0.1, -0.05) is 13.0 Å². The third-order valence-corrected chi connectivity index (χ3v) is 2.57. The fraction of sp³-hybridized carbons (Fsp3) is 0.231. The van der Waals surface area contributed by atoms with Crippen molar-refractivity contribution in [2.45, 2.75) is 19.9 Å². The van der Waals surface area contributed by atoms with Crippen LogP contribution in [0.15, 0.2) is 30.6 Å².